The Bertz CT molecular complexity index is 893. The summed E-state index contributed by atoms with van der Waals surface area (Å²) in [4.78, 5) is 19.7. The molecule has 0 spiro atoms. The van der Waals surface area contributed by atoms with E-state index in [9.17, 15) is 9.90 Å². The first-order chi connectivity index (χ1) is 12.4. The molecule has 134 valence electrons. The summed E-state index contributed by atoms with van der Waals surface area (Å²) < 4.78 is 0. The fourth-order valence-corrected chi connectivity index (χ4v) is 3.71. The second-order valence-electron chi connectivity index (χ2n) is 6.35. The van der Waals surface area contributed by atoms with Crippen molar-refractivity contribution in [2.75, 3.05) is 6.54 Å². The van der Waals surface area contributed by atoms with Gasteiger partial charge in [0.15, 0.2) is 5.17 Å². The van der Waals surface area contributed by atoms with Crippen molar-refractivity contribution < 1.29 is 9.90 Å². The molecule has 1 amide bonds. The highest BCUT2D eigenvalue weighted by molar-refractivity contribution is 8.18. The Labute approximate surface area is 162 Å². The SMILES string of the molecule is CC(C)CN1C(=O)/C(=C\c2ccccc2O)SC1=Nc1cccc(Cl)c1. The van der Waals surface area contributed by atoms with Crippen molar-refractivity contribution in [1.82, 2.24) is 4.90 Å². The Morgan fingerprint density at radius 2 is 2.00 bits per heavy atom. The largest absolute Gasteiger partial charge is 0.507 e. The van der Waals surface area contributed by atoms with Crippen LogP contribution < -0.4 is 0 Å². The molecule has 4 nitrogen and oxygen atoms in total. The summed E-state index contributed by atoms with van der Waals surface area (Å²) in [6.45, 7) is 4.68. The molecule has 1 saturated heterocycles. The van der Waals surface area contributed by atoms with Crippen LogP contribution in [0.1, 0.15) is 19.4 Å². The minimum atomic E-state index is -0.104. The molecule has 2 aromatic rings. The fourth-order valence-electron chi connectivity index (χ4n) is 2.52. The monoisotopic (exact) mass is 386 g/mol. The highest BCUT2D eigenvalue weighted by atomic mass is 35.5. The average molecular weight is 387 g/mol. The maximum Gasteiger partial charge on any atom is 0.266 e. The number of hydrogen-bond acceptors (Lipinski definition) is 4. The molecule has 2 aromatic carbocycles. The zero-order chi connectivity index (χ0) is 18.7. The predicted octanol–water partition coefficient (Wildman–Crippen LogP) is 5.31. The second kappa shape index (κ2) is 7.98. The Hall–Kier alpha value is -2.24. The molecule has 1 N–H and O–H groups in total. The summed E-state index contributed by atoms with van der Waals surface area (Å²) in [5.41, 5.74) is 1.31. The number of thioether (sulfide) groups is 1. The highest BCUT2D eigenvalue weighted by Gasteiger charge is 2.33. The van der Waals surface area contributed by atoms with Crippen LogP contribution in [0.25, 0.3) is 6.08 Å². The molecule has 0 bridgehead atoms. The van der Waals surface area contributed by atoms with E-state index in [4.69, 9.17) is 11.6 Å². The average Bonchev–Trinajstić information content (AvgIpc) is 2.85. The number of amides is 1. The van der Waals surface area contributed by atoms with Gasteiger partial charge in [-0.15, -0.1) is 0 Å². The van der Waals surface area contributed by atoms with Crippen molar-refractivity contribution >= 4 is 46.2 Å². The standard InChI is InChI=1S/C20H19ClN2O2S/c1-13(2)12-23-19(25)18(10-14-6-3-4-9-17(14)24)26-20(23)22-16-8-5-7-15(21)11-16/h3-11,13,24H,12H2,1-2H3/b18-10+,22-20?. The summed E-state index contributed by atoms with van der Waals surface area (Å²) in [6.07, 6.45) is 1.70. The number of para-hydroxylation sites is 1. The summed E-state index contributed by atoms with van der Waals surface area (Å²) in [7, 11) is 0. The molecule has 1 heterocycles. The lowest BCUT2D eigenvalue weighted by molar-refractivity contribution is -0.122. The van der Waals surface area contributed by atoms with Crippen LogP contribution in [0.4, 0.5) is 5.69 Å². The molecular weight excluding hydrogens is 368 g/mol. The number of carbonyl (C=O) groups excluding carboxylic acids is 1. The number of aliphatic imine (C=N–C) groups is 1. The molecule has 1 aliphatic rings. The zero-order valence-corrected chi connectivity index (χ0v) is 16.1. The fraction of sp³-hybridized carbons (Fsp3) is 0.200. The molecule has 0 saturated carbocycles. The number of rotatable bonds is 4. The van der Waals surface area contributed by atoms with Crippen LogP contribution in [0.2, 0.25) is 5.02 Å². The van der Waals surface area contributed by atoms with Crippen molar-refractivity contribution in [3.05, 3.63) is 64.0 Å². The molecule has 6 heteroatoms. The van der Waals surface area contributed by atoms with Crippen molar-refractivity contribution in [2.24, 2.45) is 10.9 Å². The van der Waals surface area contributed by atoms with Crippen molar-refractivity contribution in [3.63, 3.8) is 0 Å². The van der Waals surface area contributed by atoms with Gasteiger partial charge in [-0.1, -0.05) is 49.7 Å². The van der Waals surface area contributed by atoms with Crippen molar-refractivity contribution in [2.45, 2.75) is 13.8 Å². The summed E-state index contributed by atoms with van der Waals surface area (Å²) >= 11 is 7.34. The third-order valence-corrected chi connectivity index (χ3v) is 4.93. The first kappa shape index (κ1) is 18.5. The number of phenols is 1. The van der Waals surface area contributed by atoms with Gasteiger partial charge in [0.1, 0.15) is 5.75 Å². The molecule has 0 radical (unpaired) electrons. The molecule has 0 aromatic heterocycles. The number of halogens is 1. The number of benzene rings is 2. The van der Waals surface area contributed by atoms with Gasteiger partial charge in [0, 0.05) is 17.1 Å². The maximum atomic E-state index is 12.9. The number of nitrogens with zero attached hydrogens (tertiary/aromatic N) is 2. The van der Waals surface area contributed by atoms with E-state index in [2.05, 4.69) is 18.8 Å². The molecular formula is C20H19ClN2O2S. The van der Waals surface area contributed by atoms with E-state index in [1.54, 1.807) is 41.3 Å². The molecule has 0 aliphatic carbocycles. The van der Waals surface area contributed by atoms with Crippen LogP contribution in [0, 0.1) is 5.92 Å². The van der Waals surface area contributed by atoms with Gasteiger partial charge in [-0.2, -0.15) is 0 Å². The zero-order valence-electron chi connectivity index (χ0n) is 14.5. The summed E-state index contributed by atoms with van der Waals surface area (Å²) in [5.74, 6) is 0.338. The number of hydrogen-bond donors (Lipinski definition) is 1. The van der Waals surface area contributed by atoms with Crippen LogP contribution in [0.3, 0.4) is 0 Å². The molecule has 3 rings (SSSR count). The van der Waals surface area contributed by atoms with Crippen LogP contribution in [0.15, 0.2) is 58.4 Å². The molecule has 26 heavy (non-hydrogen) atoms. The van der Waals surface area contributed by atoms with Gasteiger partial charge >= 0.3 is 0 Å². The summed E-state index contributed by atoms with van der Waals surface area (Å²) in [5, 5.41) is 11.2. The van der Waals surface area contributed by atoms with E-state index < -0.39 is 0 Å². The van der Waals surface area contributed by atoms with Gasteiger partial charge in [-0.25, -0.2) is 4.99 Å². The second-order valence-corrected chi connectivity index (χ2v) is 7.80. The van der Waals surface area contributed by atoms with Gasteiger partial charge in [-0.05, 0) is 48.0 Å². The minimum Gasteiger partial charge on any atom is -0.507 e. The van der Waals surface area contributed by atoms with E-state index in [1.165, 1.54) is 11.8 Å². The first-order valence-electron chi connectivity index (χ1n) is 8.27. The smallest absolute Gasteiger partial charge is 0.266 e. The Morgan fingerprint density at radius 3 is 2.69 bits per heavy atom. The van der Waals surface area contributed by atoms with Gasteiger partial charge in [0.25, 0.3) is 5.91 Å². The first-order valence-corrected chi connectivity index (χ1v) is 9.47. The van der Waals surface area contributed by atoms with E-state index in [0.717, 1.165) is 0 Å². The van der Waals surface area contributed by atoms with E-state index in [-0.39, 0.29) is 11.7 Å². The lowest BCUT2D eigenvalue weighted by Crippen LogP contribution is -2.32. The number of carbonyl (C=O) groups is 1. The van der Waals surface area contributed by atoms with E-state index in [0.29, 0.717) is 38.8 Å². The highest BCUT2D eigenvalue weighted by Crippen LogP contribution is 2.36. The lowest BCUT2D eigenvalue weighted by Gasteiger charge is -2.17. The minimum absolute atomic E-state index is 0.104. The molecule has 0 atom stereocenters. The Morgan fingerprint density at radius 1 is 1.23 bits per heavy atom. The van der Waals surface area contributed by atoms with E-state index >= 15 is 0 Å². The third-order valence-electron chi connectivity index (χ3n) is 3.69. The van der Waals surface area contributed by atoms with Crippen LogP contribution in [-0.2, 0) is 4.79 Å². The van der Waals surface area contributed by atoms with Gasteiger partial charge in [-0.3, -0.25) is 9.69 Å². The van der Waals surface area contributed by atoms with Gasteiger partial charge in [0.05, 0.1) is 10.6 Å². The summed E-state index contributed by atoms with van der Waals surface area (Å²) in [6, 6.07) is 14.2. The number of aromatic hydroxyl groups is 1. The van der Waals surface area contributed by atoms with Gasteiger partial charge < -0.3 is 5.11 Å². The topological polar surface area (TPSA) is 52.9 Å². The van der Waals surface area contributed by atoms with Crippen LogP contribution in [-0.4, -0.2) is 27.6 Å². The number of phenolic OH excluding ortho intramolecular Hbond substituents is 1. The molecule has 1 fully saturated rings. The Balaban J connectivity index is 1.98. The van der Waals surface area contributed by atoms with Crippen molar-refractivity contribution in [3.8, 4) is 5.75 Å². The maximum absolute atomic E-state index is 12.9. The normalized spacial score (nSPS) is 17.7. The van der Waals surface area contributed by atoms with Gasteiger partial charge in [0.2, 0.25) is 0 Å². The predicted molar refractivity (Wildman–Crippen MR) is 109 cm³/mol. The van der Waals surface area contributed by atoms with Crippen molar-refractivity contribution in [1.29, 1.82) is 0 Å². The van der Waals surface area contributed by atoms with Crippen LogP contribution in [0.5, 0.6) is 5.75 Å². The van der Waals surface area contributed by atoms with Crippen LogP contribution >= 0.6 is 23.4 Å². The molecule has 1 aliphatic heterocycles. The quantitative estimate of drug-likeness (QED) is 0.725. The van der Waals surface area contributed by atoms with E-state index in [1.807, 2.05) is 18.2 Å². The molecule has 0 unspecified atom stereocenters. The Kier molecular flexibility index (Phi) is 5.69. The third kappa shape index (κ3) is 4.29. The number of amidine groups is 1. The lowest BCUT2D eigenvalue weighted by atomic mass is 10.1.